The molecule has 1 fully saturated rings. The fourth-order valence-corrected chi connectivity index (χ4v) is 2.47. The number of ether oxygens (including phenoxy) is 1. The third-order valence-electron chi connectivity index (χ3n) is 3.42. The number of rotatable bonds is 4. The van der Waals surface area contributed by atoms with E-state index in [1.807, 2.05) is 24.3 Å². The zero-order valence-corrected chi connectivity index (χ0v) is 14.0. The first-order valence-electron chi connectivity index (χ1n) is 7.96. The minimum Gasteiger partial charge on any atom is -0.444 e. The van der Waals surface area contributed by atoms with Crippen molar-refractivity contribution in [3.63, 3.8) is 0 Å². The summed E-state index contributed by atoms with van der Waals surface area (Å²) in [5.41, 5.74) is 1.21. The minimum absolute atomic E-state index is 0.122. The zero-order chi connectivity index (χ0) is 16.9. The van der Waals surface area contributed by atoms with E-state index in [1.54, 1.807) is 20.8 Å². The Hall–Kier alpha value is -2.24. The van der Waals surface area contributed by atoms with Crippen molar-refractivity contribution < 1.29 is 14.3 Å². The zero-order valence-electron chi connectivity index (χ0n) is 14.0. The van der Waals surface area contributed by atoms with Crippen molar-refractivity contribution >= 4 is 23.4 Å². The smallest absolute Gasteiger partial charge is 0.408 e. The summed E-state index contributed by atoms with van der Waals surface area (Å²) in [6.07, 6.45) is 1.74. The Balaban J connectivity index is 1.89. The van der Waals surface area contributed by atoms with Crippen LogP contribution in [0.3, 0.4) is 0 Å². The third-order valence-corrected chi connectivity index (χ3v) is 3.42. The molecule has 2 rings (SSSR count). The highest BCUT2D eigenvalue weighted by atomic mass is 16.6. The number of benzene rings is 1. The van der Waals surface area contributed by atoms with Gasteiger partial charge in [0.05, 0.1) is 11.4 Å². The van der Waals surface area contributed by atoms with Crippen LogP contribution in [0.25, 0.3) is 0 Å². The Labute approximate surface area is 137 Å². The highest BCUT2D eigenvalue weighted by Gasteiger charge is 2.18. The molecule has 6 nitrogen and oxygen atoms in total. The van der Waals surface area contributed by atoms with Gasteiger partial charge in [-0.3, -0.25) is 4.79 Å². The van der Waals surface area contributed by atoms with Gasteiger partial charge in [-0.1, -0.05) is 12.1 Å². The van der Waals surface area contributed by atoms with Gasteiger partial charge in [-0.15, -0.1) is 0 Å². The second-order valence-corrected chi connectivity index (χ2v) is 6.61. The van der Waals surface area contributed by atoms with Crippen LogP contribution in [0.5, 0.6) is 0 Å². The van der Waals surface area contributed by atoms with Crippen LogP contribution in [0, 0.1) is 0 Å². The topological polar surface area (TPSA) is 70.7 Å². The lowest BCUT2D eigenvalue weighted by molar-refractivity contribution is -0.115. The van der Waals surface area contributed by atoms with E-state index >= 15 is 0 Å². The summed E-state index contributed by atoms with van der Waals surface area (Å²) in [7, 11) is 0. The van der Waals surface area contributed by atoms with Crippen LogP contribution in [-0.4, -0.2) is 37.2 Å². The number of carbonyl (C=O) groups is 2. The predicted molar refractivity (Wildman–Crippen MR) is 90.8 cm³/mol. The summed E-state index contributed by atoms with van der Waals surface area (Å²) in [6, 6.07) is 7.72. The summed E-state index contributed by atoms with van der Waals surface area (Å²) < 4.78 is 5.11. The number of hydrogen-bond acceptors (Lipinski definition) is 4. The van der Waals surface area contributed by atoms with Crippen molar-refractivity contribution in [2.75, 3.05) is 29.9 Å². The number of nitrogens with zero attached hydrogens (tertiary/aromatic N) is 1. The van der Waals surface area contributed by atoms with Gasteiger partial charge in [0.1, 0.15) is 12.1 Å². The summed E-state index contributed by atoms with van der Waals surface area (Å²) in [5, 5.41) is 5.32. The van der Waals surface area contributed by atoms with Gasteiger partial charge < -0.3 is 20.3 Å². The molecule has 2 N–H and O–H groups in total. The van der Waals surface area contributed by atoms with Crippen LogP contribution in [0.1, 0.15) is 33.6 Å². The van der Waals surface area contributed by atoms with E-state index < -0.39 is 11.7 Å². The Kier molecular flexibility index (Phi) is 5.47. The normalized spacial score (nSPS) is 14.5. The van der Waals surface area contributed by atoms with Gasteiger partial charge in [-0.25, -0.2) is 4.79 Å². The van der Waals surface area contributed by atoms with Gasteiger partial charge >= 0.3 is 6.09 Å². The number of para-hydroxylation sites is 2. The second kappa shape index (κ2) is 7.35. The van der Waals surface area contributed by atoms with Crippen molar-refractivity contribution in [3.05, 3.63) is 24.3 Å². The Morgan fingerprint density at radius 3 is 2.48 bits per heavy atom. The Morgan fingerprint density at radius 1 is 1.17 bits per heavy atom. The molecule has 1 saturated heterocycles. The van der Waals surface area contributed by atoms with Gasteiger partial charge in [0.25, 0.3) is 0 Å². The quantitative estimate of drug-likeness (QED) is 0.895. The molecule has 0 bridgehead atoms. The molecular formula is C17H25N3O3. The first-order valence-corrected chi connectivity index (χ1v) is 7.96. The highest BCUT2D eigenvalue weighted by molar-refractivity contribution is 5.96. The molecule has 0 saturated carbocycles. The lowest BCUT2D eigenvalue weighted by atomic mass is 10.2. The lowest BCUT2D eigenvalue weighted by Crippen LogP contribution is -2.37. The van der Waals surface area contributed by atoms with E-state index in [4.69, 9.17) is 4.74 Å². The maximum Gasteiger partial charge on any atom is 0.408 e. The number of nitrogens with one attached hydrogen (secondary N) is 2. The molecule has 6 heteroatoms. The maximum atomic E-state index is 12.0. The van der Waals surface area contributed by atoms with Crippen LogP contribution in [0.4, 0.5) is 16.2 Å². The first kappa shape index (κ1) is 17.1. The molecule has 1 aromatic rings. The summed E-state index contributed by atoms with van der Waals surface area (Å²) >= 11 is 0. The van der Waals surface area contributed by atoms with Gasteiger partial charge in [0.2, 0.25) is 5.91 Å². The van der Waals surface area contributed by atoms with Gasteiger partial charge in [0.15, 0.2) is 0 Å². The molecule has 1 heterocycles. The number of anilines is 2. The van der Waals surface area contributed by atoms with Gasteiger partial charge in [0, 0.05) is 13.1 Å². The van der Waals surface area contributed by atoms with Crippen molar-refractivity contribution in [2.24, 2.45) is 0 Å². The van der Waals surface area contributed by atoms with Crippen LogP contribution >= 0.6 is 0 Å². The molecule has 0 spiro atoms. The number of alkyl carbamates (subject to hydrolysis) is 1. The van der Waals surface area contributed by atoms with Crippen LogP contribution in [-0.2, 0) is 9.53 Å². The molecule has 23 heavy (non-hydrogen) atoms. The predicted octanol–water partition coefficient (Wildman–Crippen LogP) is 2.75. The van der Waals surface area contributed by atoms with E-state index in [1.165, 1.54) is 12.8 Å². The molecule has 1 aromatic carbocycles. The molecule has 1 aliphatic heterocycles. The average Bonchev–Trinajstić information content (AvgIpc) is 2.98. The lowest BCUT2D eigenvalue weighted by Gasteiger charge is -2.22. The van der Waals surface area contributed by atoms with E-state index in [9.17, 15) is 9.59 Å². The molecule has 0 aliphatic carbocycles. The monoisotopic (exact) mass is 319 g/mol. The molecule has 126 valence electrons. The van der Waals surface area contributed by atoms with Crippen LogP contribution < -0.4 is 15.5 Å². The fraction of sp³-hybridized carbons (Fsp3) is 0.529. The van der Waals surface area contributed by atoms with Crippen molar-refractivity contribution in [1.29, 1.82) is 0 Å². The van der Waals surface area contributed by atoms with E-state index in [-0.39, 0.29) is 12.5 Å². The summed E-state index contributed by atoms with van der Waals surface area (Å²) in [6.45, 7) is 7.21. The van der Waals surface area contributed by atoms with Crippen LogP contribution in [0.15, 0.2) is 24.3 Å². The molecule has 0 aromatic heterocycles. The SMILES string of the molecule is CC(C)(C)OC(=O)NCC(=O)Nc1ccccc1N1CCCC1. The molecule has 2 amide bonds. The van der Waals surface area contributed by atoms with E-state index in [0.29, 0.717) is 0 Å². The Morgan fingerprint density at radius 2 is 1.83 bits per heavy atom. The number of carbonyl (C=O) groups excluding carboxylic acids is 2. The summed E-state index contributed by atoms with van der Waals surface area (Å²) in [4.78, 5) is 25.9. The maximum absolute atomic E-state index is 12.0. The fourth-order valence-electron chi connectivity index (χ4n) is 2.47. The molecule has 0 radical (unpaired) electrons. The van der Waals surface area contributed by atoms with Crippen molar-refractivity contribution in [1.82, 2.24) is 5.32 Å². The van der Waals surface area contributed by atoms with E-state index in [2.05, 4.69) is 15.5 Å². The standard InChI is InChI=1S/C17H25N3O3/c1-17(2,3)23-16(22)18-12-15(21)19-13-8-4-5-9-14(13)20-10-6-7-11-20/h4-5,8-9H,6-7,10-12H2,1-3H3,(H,18,22)(H,19,21). The second-order valence-electron chi connectivity index (χ2n) is 6.61. The number of hydrogen-bond donors (Lipinski definition) is 2. The molecule has 0 atom stereocenters. The van der Waals surface area contributed by atoms with Crippen LogP contribution in [0.2, 0.25) is 0 Å². The molecule has 1 aliphatic rings. The van der Waals surface area contributed by atoms with Crippen molar-refractivity contribution in [2.45, 2.75) is 39.2 Å². The van der Waals surface area contributed by atoms with Crippen molar-refractivity contribution in [3.8, 4) is 0 Å². The minimum atomic E-state index is -0.597. The molecular weight excluding hydrogens is 294 g/mol. The third kappa shape index (κ3) is 5.47. The number of amides is 2. The highest BCUT2D eigenvalue weighted by Crippen LogP contribution is 2.28. The van der Waals surface area contributed by atoms with E-state index in [0.717, 1.165) is 24.5 Å². The first-order chi connectivity index (χ1) is 10.8. The van der Waals surface area contributed by atoms with Gasteiger partial charge in [-0.05, 0) is 45.7 Å². The Bertz CT molecular complexity index is 560. The summed E-state index contributed by atoms with van der Waals surface area (Å²) in [5.74, 6) is -0.275. The average molecular weight is 319 g/mol. The van der Waals surface area contributed by atoms with Gasteiger partial charge in [-0.2, -0.15) is 0 Å². The largest absolute Gasteiger partial charge is 0.444 e. The molecule has 0 unspecified atom stereocenters.